The Balaban J connectivity index is 2.69. The van der Waals surface area contributed by atoms with Gasteiger partial charge in [0.25, 0.3) is 0 Å². The lowest BCUT2D eigenvalue weighted by Crippen LogP contribution is -1.99. The molecule has 0 fully saturated rings. The van der Waals surface area contributed by atoms with E-state index < -0.39 is 0 Å². The Hall–Kier alpha value is -0.850. The first kappa shape index (κ1) is 7.26. The zero-order valence-corrected chi connectivity index (χ0v) is 6.10. The van der Waals surface area contributed by atoms with Gasteiger partial charge in [-0.2, -0.15) is 0 Å². The van der Waals surface area contributed by atoms with Crippen LogP contribution in [0.3, 0.4) is 0 Å². The van der Waals surface area contributed by atoms with Crippen molar-refractivity contribution in [2.45, 2.75) is 13.3 Å². The molecule has 0 saturated heterocycles. The van der Waals surface area contributed by atoms with Gasteiger partial charge in [-0.15, -0.1) is 0 Å². The predicted molar refractivity (Wildman–Crippen MR) is 41.3 cm³/mol. The van der Waals surface area contributed by atoms with Crippen molar-refractivity contribution in [3.8, 4) is 0 Å². The van der Waals surface area contributed by atoms with Gasteiger partial charge in [0.2, 0.25) is 0 Å². The van der Waals surface area contributed by atoms with Crippen molar-refractivity contribution in [2.75, 3.05) is 0 Å². The summed E-state index contributed by atoms with van der Waals surface area (Å²) in [5.74, 6) is 0.0734. The highest BCUT2D eigenvalue weighted by Crippen LogP contribution is 2.22. The summed E-state index contributed by atoms with van der Waals surface area (Å²) in [5, 5.41) is 0. The highest BCUT2D eigenvalue weighted by molar-refractivity contribution is 5.22. The summed E-state index contributed by atoms with van der Waals surface area (Å²) in [6.45, 7) is 5.69. The smallest absolute Gasteiger partial charge is 0.119 e. The molecule has 1 atom stereocenters. The molecule has 0 amide bonds. The van der Waals surface area contributed by atoms with Crippen LogP contribution in [0.4, 0.5) is 4.39 Å². The molecule has 0 aromatic carbocycles. The lowest BCUT2D eigenvalue weighted by Gasteiger charge is -2.12. The number of hydrogen-bond acceptors (Lipinski definition) is 0. The SMILES string of the molecule is C=C(C)C1C=C(F)C=CC1. The zero-order chi connectivity index (χ0) is 7.56. The molecule has 1 unspecified atom stereocenters. The summed E-state index contributed by atoms with van der Waals surface area (Å²) in [5.41, 5.74) is 1.03. The van der Waals surface area contributed by atoms with E-state index in [9.17, 15) is 4.39 Å². The maximum Gasteiger partial charge on any atom is 0.119 e. The average Bonchev–Trinajstić information content (AvgIpc) is 1.88. The molecule has 0 spiro atoms. The average molecular weight is 138 g/mol. The van der Waals surface area contributed by atoms with Gasteiger partial charge in [-0.3, -0.25) is 0 Å². The van der Waals surface area contributed by atoms with Crippen molar-refractivity contribution < 1.29 is 4.39 Å². The van der Waals surface area contributed by atoms with Crippen molar-refractivity contribution in [1.82, 2.24) is 0 Å². The van der Waals surface area contributed by atoms with Gasteiger partial charge in [-0.25, -0.2) is 4.39 Å². The van der Waals surface area contributed by atoms with Crippen LogP contribution in [0.25, 0.3) is 0 Å². The molecular weight excluding hydrogens is 127 g/mol. The molecule has 0 heterocycles. The second-order valence-electron chi connectivity index (χ2n) is 2.64. The largest absolute Gasteiger partial charge is 0.207 e. The Morgan fingerprint density at radius 3 is 2.90 bits per heavy atom. The normalized spacial score (nSPS) is 24.2. The van der Waals surface area contributed by atoms with Crippen molar-refractivity contribution in [2.24, 2.45) is 5.92 Å². The third kappa shape index (κ3) is 1.56. The van der Waals surface area contributed by atoms with Crippen LogP contribution in [0.15, 0.2) is 36.2 Å². The molecule has 0 bridgehead atoms. The van der Waals surface area contributed by atoms with Crippen molar-refractivity contribution in [3.05, 3.63) is 36.2 Å². The minimum atomic E-state index is -0.140. The summed E-state index contributed by atoms with van der Waals surface area (Å²) in [7, 11) is 0. The van der Waals surface area contributed by atoms with Crippen LogP contribution in [-0.2, 0) is 0 Å². The Morgan fingerprint density at radius 1 is 1.80 bits per heavy atom. The monoisotopic (exact) mass is 138 g/mol. The molecule has 0 aromatic rings. The molecule has 0 nitrogen and oxygen atoms in total. The van der Waals surface area contributed by atoms with E-state index in [1.165, 1.54) is 6.08 Å². The maximum absolute atomic E-state index is 12.5. The number of hydrogen-bond donors (Lipinski definition) is 0. The third-order valence-electron chi connectivity index (χ3n) is 1.66. The first-order valence-electron chi connectivity index (χ1n) is 3.39. The van der Waals surface area contributed by atoms with E-state index in [2.05, 4.69) is 6.58 Å². The van der Waals surface area contributed by atoms with Gasteiger partial charge in [0.05, 0.1) is 0 Å². The lowest BCUT2D eigenvalue weighted by atomic mass is 9.94. The van der Waals surface area contributed by atoms with Crippen molar-refractivity contribution in [1.29, 1.82) is 0 Å². The minimum Gasteiger partial charge on any atom is -0.207 e. The van der Waals surface area contributed by atoms with Gasteiger partial charge >= 0.3 is 0 Å². The maximum atomic E-state index is 12.5. The quantitative estimate of drug-likeness (QED) is 0.488. The fraction of sp³-hybridized carbons (Fsp3) is 0.333. The van der Waals surface area contributed by atoms with Gasteiger partial charge in [-0.1, -0.05) is 18.2 Å². The predicted octanol–water partition coefficient (Wildman–Crippen LogP) is 2.99. The van der Waals surface area contributed by atoms with E-state index >= 15 is 0 Å². The molecule has 0 saturated carbocycles. The molecule has 0 N–H and O–H groups in total. The van der Waals surface area contributed by atoms with Gasteiger partial charge in [0.1, 0.15) is 5.83 Å². The Bertz CT molecular complexity index is 199. The minimum absolute atomic E-state index is 0.140. The van der Waals surface area contributed by atoms with Crippen LogP contribution in [-0.4, -0.2) is 0 Å². The van der Waals surface area contributed by atoms with Gasteiger partial charge in [0.15, 0.2) is 0 Å². The van der Waals surface area contributed by atoms with Crippen LogP contribution >= 0.6 is 0 Å². The van der Waals surface area contributed by atoms with E-state index in [0.29, 0.717) is 0 Å². The molecule has 54 valence electrons. The summed E-state index contributed by atoms with van der Waals surface area (Å²) < 4.78 is 12.5. The molecule has 1 aliphatic rings. The Morgan fingerprint density at radius 2 is 2.50 bits per heavy atom. The molecule has 10 heavy (non-hydrogen) atoms. The Kier molecular flexibility index (Phi) is 2.05. The van der Waals surface area contributed by atoms with Crippen LogP contribution in [0.2, 0.25) is 0 Å². The first-order chi connectivity index (χ1) is 4.70. The van der Waals surface area contributed by atoms with Crippen molar-refractivity contribution >= 4 is 0 Å². The molecule has 0 radical (unpaired) electrons. The molecule has 0 aliphatic heterocycles. The Labute approximate surface area is 60.7 Å². The van der Waals surface area contributed by atoms with E-state index in [0.717, 1.165) is 12.0 Å². The standard InChI is InChI=1S/C9H11F/c1-7(2)8-4-3-5-9(10)6-8/h3,5-6,8H,1,4H2,2H3. The van der Waals surface area contributed by atoms with Gasteiger partial charge < -0.3 is 0 Å². The number of rotatable bonds is 1. The lowest BCUT2D eigenvalue weighted by molar-refractivity contribution is 0.626. The second kappa shape index (κ2) is 2.82. The summed E-state index contributed by atoms with van der Waals surface area (Å²) in [4.78, 5) is 0. The third-order valence-corrected chi connectivity index (χ3v) is 1.66. The first-order valence-corrected chi connectivity index (χ1v) is 3.39. The number of allylic oxidation sites excluding steroid dienone is 5. The summed E-state index contributed by atoms with van der Waals surface area (Å²) in [6, 6.07) is 0. The highest BCUT2D eigenvalue weighted by Gasteiger charge is 2.08. The molecule has 1 rings (SSSR count). The second-order valence-corrected chi connectivity index (χ2v) is 2.64. The molecular formula is C9H11F. The molecule has 1 aliphatic carbocycles. The van der Waals surface area contributed by atoms with E-state index in [1.54, 1.807) is 6.08 Å². The van der Waals surface area contributed by atoms with Gasteiger partial charge in [0, 0.05) is 5.92 Å². The van der Waals surface area contributed by atoms with Crippen LogP contribution in [0, 0.1) is 5.92 Å². The number of halogens is 1. The van der Waals surface area contributed by atoms with E-state index in [4.69, 9.17) is 0 Å². The summed E-state index contributed by atoms with van der Waals surface area (Å²) in [6.07, 6.45) is 5.85. The molecule has 1 heteroatoms. The fourth-order valence-electron chi connectivity index (χ4n) is 0.986. The van der Waals surface area contributed by atoms with Crippen molar-refractivity contribution in [3.63, 3.8) is 0 Å². The topological polar surface area (TPSA) is 0 Å². The summed E-state index contributed by atoms with van der Waals surface area (Å²) >= 11 is 0. The fourth-order valence-corrected chi connectivity index (χ4v) is 0.986. The van der Waals surface area contributed by atoms with Gasteiger partial charge in [-0.05, 0) is 25.5 Å². The van der Waals surface area contributed by atoms with E-state index in [1.807, 2.05) is 13.0 Å². The van der Waals surface area contributed by atoms with Crippen LogP contribution in [0.5, 0.6) is 0 Å². The van der Waals surface area contributed by atoms with Crippen LogP contribution in [0.1, 0.15) is 13.3 Å². The highest BCUT2D eigenvalue weighted by atomic mass is 19.1. The van der Waals surface area contributed by atoms with E-state index in [-0.39, 0.29) is 11.7 Å². The zero-order valence-electron chi connectivity index (χ0n) is 6.10. The molecule has 0 aromatic heterocycles. The van der Waals surface area contributed by atoms with Crippen LogP contribution < -0.4 is 0 Å².